The summed E-state index contributed by atoms with van der Waals surface area (Å²) in [6.07, 6.45) is 10.8. The summed E-state index contributed by atoms with van der Waals surface area (Å²) in [4.78, 5) is 0. The maximum Gasteiger partial charge on any atom is 0.397 e. The highest BCUT2D eigenvalue weighted by Crippen LogP contribution is 2.62. The van der Waals surface area contributed by atoms with Gasteiger partial charge in [0, 0.05) is 0 Å². The Morgan fingerprint density at radius 3 is 2.38 bits per heavy atom. The first-order valence-electron chi connectivity index (χ1n) is 9.90. The Morgan fingerprint density at radius 2 is 1.62 bits per heavy atom. The van der Waals surface area contributed by atoms with E-state index >= 15 is 0 Å². The van der Waals surface area contributed by atoms with Gasteiger partial charge in [0.05, 0.1) is 6.10 Å². The van der Waals surface area contributed by atoms with Crippen LogP contribution < -0.4 is 0 Å². The maximum absolute atomic E-state index is 11.2. The lowest BCUT2D eigenvalue weighted by Gasteiger charge is -2.58. The average molecular weight is 357 g/mol. The lowest BCUT2D eigenvalue weighted by Crippen LogP contribution is -2.52. The summed E-state index contributed by atoms with van der Waals surface area (Å²) < 4.78 is 36.4. The van der Waals surface area contributed by atoms with Crippen molar-refractivity contribution in [2.75, 3.05) is 0 Å². The highest BCUT2D eigenvalue weighted by Gasteiger charge is 2.55. The molecule has 0 aromatic carbocycles. The highest BCUT2D eigenvalue weighted by atomic mass is 32.3. The van der Waals surface area contributed by atoms with Gasteiger partial charge in [0.2, 0.25) is 0 Å². The minimum absolute atomic E-state index is 0.0903. The van der Waals surface area contributed by atoms with Crippen molar-refractivity contribution in [3.8, 4) is 0 Å². The van der Waals surface area contributed by atoms with E-state index in [1.165, 1.54) is 44.9 Å². The second-order valence-corrected chi connectivity index (χ2v) is 10.7. The molecule has 24 heavy (non-hydrogen) atoms. The Balaban J connectivity index is 1.55. The molecule has 0 radical (unpaired) electrons. The van der Waals surface area contributed by atoms with Crippen LogP contribution in [0.5, 0.6) is 0 Å². The second kappa shape index (κ2) is 5.95. The van der Waals surface area contributed by atoms with Gasteiger partial charge in [-0.2, -0.15) is 8.42 Å². The molecule has 4 nitrogen and oxygen atoms in total. The molecule has 0 aromatic heterocycles. The molecule has 4 fully saturated rings. The number of hydrogen-bond acceptors (Lipinski definition) is 3. The molecule has 1 N–H and O–H groups in total. The normalized spacial score (nSPS) is 47.5. The van der Waals surface area contributed by atoms with Crippen molar-refractivity contribution in [3.05, 3.63) is 0 Å². The van der Waals surface area contributed by atoms with Gasteiger partial charge in [0.25, 0.3) is 0 Å². The summed E-state index contributed by atoms with van der Waals surface area (Å²) in [6, 6.07) is 0. The van der Waals surface area contributed by atoms with Gasteiger partial charge in [-0.15, -0.1) is 0 Å². The lowest BCUT2D eigenvalue weighted by molar-refractivity contribution is -0.104. The van der Waals surface area contributed by atoms with Crippen LogP contribution in [0.4, 0.5) is 0 Å². The summed E-state index contributed by atoms with van der Waals surface area (Å²) in [5, 5.41) is 0. The molecule has 7 unspecified atom stereocenters. The fourth-order valence-electron chi connectivity index (χ4n) is 7.61. The first-order valence-corrected chi connectivity index (χ1v) is 11.3. The fraction of sp³-hybridized carbons (Fsp3) is 1.00. The molecule has 4 aliphatic rings. The van der Waals surface area contributed by atoms with Gasteiger partial charge in [-0.1, -0.05) is 26.7 Å². The Hall–Kier alpha value is -0.130. The van der Waals surface area contributed by atoms with Crippen molar-refractivity contribution in [1.82, 2.24) is 0 Å². The molecule has 0 heterocycles. The van der Waals surface area contributed by atoms with Crippen molar-refractivity contribution >= 4 is 10.4 Å². The molecule has 0 aromatic rings. The SMILES string of the molecule is CC1(C)CC(OS(=O)(=O)O)CC2CCC3C4CCCC4CCC3C21. The van der Waals surface area contributed by atoms with E-state index in [2.05, 4.69) is 13.8 Å². The van der Waals surface area contributed by atoms with Gasteiger partial charge < -0.3 is 0 Å². The number of hydrogen-bond donors (Lipinski definition) is 1. The Labute approximate surface area is 146 Å². The molecular formula is C19H32O4S. The molecule has 0 amide bonds. The van der Waals surface area contributed by atoms with Gasteiger partial charge in [-0.3, -0.25) is 4.55 Å². The molecule has 0 bridgehead atoms. The Bertz CT molecular complexity index is 584. The fourth-order valence-corrected chi connectivity index (χ4v) is 8.10. The largest absolute Gasteiger partial charge is 0.397 e. The van der Waals surface area contributed by atoms with Crippen LogP contribution in [0.3, 0.4) is 0 Å². The molecule has 0 saturated heterocycles. The topological polar surface area (TPSA) is 63.6 Å². The van der Waals surface area contributed by atoms with Crippen LogP contribution in [-0.2, 0) is 14.6 Å². The van der Waals surface area contributed by atoms with E-state index in [1.807, 2.05) is 0 Å². The summed E-state index contributed by atoms with van der Waals surface area (Å²) in [6.45, 7) is 4.60. The first kappa shape index (κ1) is 17.3. The predicted molar refractivity (Wildman–Crippen MR) is 92.7 cm³/mol. The monoisotopic (exact) mass is 356 g/mol. The molecule has 4 rings (SSSR count). The van der Waals surface area contributed by atoms with Crippen molar-refractivity contribution in [2.24, 2.45) is 40.9 Å². The standard InChI is InChI=1S/C19H32O4S/c1-19(2)11-14(23-24(20,21)22)10-13-7-8-16-15-5-3-4-12(15)6-9-17(16)18(13)19/h12-18H,3-11H2,1-2H3,(H,20,21,22). The van der Waals surface area contributed by atoms with E-state index < -0.39 is 10.4 Å². The van der Waals surface area contributed by atoms with Gasteiger partial charge in [0.15, 0.2) is 0 Å². The van der Waals surface area contributed by atoms with Gasteiger partial charge in [0.1, 0.15) is 0 Å². The van der Waals surface area contributed by atoms with Crippen molar-refractivity contribution in [3.63, 3.8) is 0 Å². The van der Waals surface area contributed by atoms with Crippen LogP contribution in [-0.4, -0.2) is 19.1 Å². The van der Waals surface area contributed by atoms with E-state index in [4.69, 9.17) is 8.74 Å². The molecule has 138 valence electrons. The Morgan fingerprint density at radius 1 is 0.917 bits per heavy atom. The number of rotatable bonds is 2. The van der Waals surface area contributed by atoms with Crippen LogP contribution >= 0.6 is 0 Å². The summed E-state index contributed by atoms with van der Waals surface area (Å²) in [5.41, 5.74) is 0.0903. The van der Waals surface area contributed by atoms with E-state index in [0.29, 0.717) is 11.8 Å². The van der Waals surface area contributed by atoms with E-state index in [9.17, 15) is 8.42 Å². The Kier molecular flexibility index (Phi) is 4.29. The molecule has 0 spiro atoms. The molecule has 5 heteroatoms. The van der Waals surface area contributed by atoms with Gasteiger partial charge in [-0.25, -0.2) is 4.18 Å². The van der Waals surface area contributed by atoms with E-state index in [1.54, 1.807) is 0 Å². The second-order valence-electron chi connectivity index (χ2n) is 9.70. The zero-order valence-electron chi connectivity index (χ0n) is 15.0. The number of fused-ring (bicyclic) bond motifs is 5. The minimum atomic E-state index is -4.35. The third-order valence-corrected chi connectivity index (χ3v) is 8.52. The van der Waals surface area contributed by atoms with Gasteiger partial charge in [-0.05, 0) is 85.9 Å². The molecule has 7 atom stereocenters. The van der Waals surface area contributed by atoms with Crippen molar-refractivity contribution in [1.29, 1.82) is 0 Å². The van der Waals surface area contributed by atoms with Gasteiger partial charge >= 0.3 is 10.4 Å². The molecular weight excluding hydrogens is 324 g/mol. The quantitative estimate of drug-likeness (QED) is 0.742. The van der Waals surface area contributed by atoms with Crippen LogP contribution in [0.15, 0.2) is 0 Å². The smallest absolute Gasteiger partial charge is 0.264 e. The summed E-state index contributed by atoms with van der Waals surface area (Å²) in [7, 11) is -4.35. The molecule has 4 saturated carbocycles. The van der Waals surface area contributed by atoms with Crippen molar-refractivity contribution < 1.29 is 17.2 Å². The zero-order chi connectivity index (χ0) is 17.1. The third kappa shape index (κ3) is 3.05. The third-order valence-electron chi connectivity index (χ3n) is 8.01. The average Bonchev–Trinajstić information content (AvgIpc) is 2.92. The van der Waals surface area contributed by atoms with Crippen molar-refractivity contribution in [2.45, 2.75) is 77.7 Å². The summed E-state index contributed by atoms with van der Waals surface area (Å²) >= 11 is 0. The van der Waals surface area contributed by atoms with E-state index in [0.717, 1.165) is 36.5 Å². The first-order chi connectivity index (χ1) is 11.2. The molecule has 0 aliphatic heterocycles. The maximum atomic E-state index is 11.2. The lowest BCUT2D eigenvalue weighted by atomic mass is 9.48. The molecule has 4 aliphatic carbocycles. The summed E-state index contributed by atoms with van der Waals surface area (Å²) in [5.74, 6) is 4.94. The zero-order valence-corrected chi connectivity index (χ0v) is 15.8. The minimum Gasteiger partial charge on any atom is -0.264 e. The van der Waals surface area contributed by atoms with Crippen LogP contribution in [0.25, 0.3) is 0 Å². The highest BCUT2D eigenvalue weighted by molar-refractivity contribution is 7.80. The predicted octanol–water partition coefficient (Wildman–Crippen LogP) is 4.46. The van der Waals surface area contributed by atoms with Crippen LogP contribution in [0.2, 0.25) is 0 Å². The van der Waals surface area contributed by atoms with E-state index in [-0.39, 0.29) is 11.5 Å². The van der Waals surface area contributed by atoms with Crippen LogP contribution in [0, 0.1) is 40.9 Å². The van der Waals surface area contributed by atoms with Crippen LogP contribution in [0.1, 0.15) is 71.6 Å².